The number of rotatable bonds is 4. The third kappa shape index (κ3) is 4.64. The third-order valence-corrected chi connectivity index (χ3v) is 11.1. The molecule has 1 heteroatoms. The van der Waals surface area contributed by atoms with E-state index in [1.807, 2.05) is 0 Å². The maximum Gasteiger partial charge on any atom is 0.136 e. The van der Waals surface area contributed by atoms with Crippen LogP contribution in [-0.4, -0.2) is 0 Å². The SMILES string of the molecule is c1ccc(-c2cc3oc4ccc5ccccc5c4c3cc2-c2c3ccccc3c(-c3ccc(-c4cccc5ccccc45)cc3)c3ccccc23)cc1. The molecule has 11 rings (SSSR count). The van der Waals surface area contributed by atoms with Crippen molar-refractivity contribution in [3.8, 4) is 44.5 Å². The van der Waals surface area contributed by atoms with Gasteiger partial charge in [-0.1, -0.05) is 176 Å². The summed E-state index contributed by atoms with van der Waals surface area (Å²) in [4.78, 5) is 0. The van der Waals surface area contributed by atoms with Gasteiger partial charge in [-0.25, -0.2) is 0 Å². The average Bonchev–Trinajstić information content (AvgIpc) is 3.61. The van der Waals surface area contributed by atoms with E-state index in [9.17, 15) is 0 Å². The van der Waals surface area contributed by atoms with Gasteiger partial charge in [-0.2, -0.15) is 0 Å². The van der Waals surface area contributed by atoms with Crippen molar-refractivity contribution in [2.75, 3.05) is 0 Å². The second-order valence-corrected chi connectivity index (χ2v) is 14.0. The van der Waals surface area contributed by atoms with Crippen molar-refractivity contribution in [3.63, 3.8) is 0 Å². The van der Waals surface area contributed by atoms with E-state index in [4.69, 9.17) is 4.42 Å². The quantitative estimate of drug-likeness (QED) is 0.170. The first-order chi connectivity index (χ1) is 26.3. The summed E-state index contributed by atoms with van der Waals surface area (Å²) in [6, 6.07) is 70.5. The Hall–Kier alpha value is -6.96. The molecule has 0 aliphatic carbocycles. The summed E-state index contributed by atoms with van der Waals surface area (Å²) in [5.74, 6) is 0. The van der Waals surface area contributed by atoms with Crippen LogP contribution in [0.2, 0.25) is 0 Å². The van der Waals surface area contributed by atoms with E-state index in [2.05, 4.69) is 194 Å². The van der Waals surface area contributed by atoms with Crippen LogP contribution in [0.25, 0.3) is 110 Å². The molecule has 0 saturated heterocycles. The summed E-state index contributed by atoms with van der Waals surface area (Å²) in [6.07, 6.45) is 0. The second-order valence-electron chi connectivity index (χ2n) is 14.0. The first kappa shape index (κ1) is 29.7. The highest BCUT2D eigenvalue weighted by Crippen LogP contribution is 2.48. The van der Waals surface area contributed by atoms with Gasteiger partial charge >= 0.3 is 0 Å². The fourth-order valence-corrected chi connectivity index (χ4v) is 8.68. The average molecular weight is 673 g/mol. The Morgan fingerprint density at radius 1 is 0.264 bits per heavy atom. The van der Waals surface area contributed by atoms with Crippen LogP contribution in [0.1, 0.15) is 0 Å². The van der Waals surface area contributed by atoms with Crippen LogP contribution in [0.4, 0.5) is 0 Å². The zero-order chi connectivity index (χ0) is 34.9. The minimum atomic E-state index is 0.899. The topological polar surface area (TPSA) is 13.1 Å². The monoisotopic (exact) mass is 672 g/mol. The van der Waals surface area contributed by atoms with E-state index in [-0.39, 0.29) is 0 Å². The van der Waals surface area contributed by atoms with Gasteiger partial charge in [-0.05, 0) is 106 Å². The number of hydrogen-bond donors (Lipinski definition) is 0. The van der Waals surface area contributed by atoms with Crippen molar-refractivity contribution in [1.82, 2.24) is 0 Å². The molecule has 0 saturated carbocycles. The van der Waals surface area contributed by atoms with Gasteiger partial charge in [0.2, 0.25) is 0 Å². The number of hydrogen-bond acceptors (Lipinski definition) is 1. The highest BCUT2D eigenvalue weighted by Gasteiger charge is 2.22. The van der Waals surface area contributed by atoms with E-state index in [0.29, 0.717) is 0 Å². The summed E-state index contributed by atoms with van der Waals surface area (Å²) in [7, 11) is 0. The van der Waals surface area contributed by atoms with Gasteiger partial charge in [0.25, 0.3) is 0 Å². The van der Waals surface area contributed by atoms with Crippen LogP contribution < -0.4 is 0 Å². The Morgan fingerprint density at radius 2 is 0.792 bits per heavy atom. The highest BCUT2D eigenvalue weighted by molar-refractivity contribution is 6.25. The maximum atomic E-state index is 6.63. The molecular weight excluding hydrogens is 641 g/mol. The van der Waals surface area contributed by atoms with Gasteiger partial charge < -0.3 is 4.42 Å². The molecule has 11 aromatic rings. The first-order valence-corrected chi connectivity index (χ1v) is 18.3. The zero-order valence-corrected chi connectivity index (χ0v) is 28.9. The molecule has 53 heavy (non-hydrogen) atoms. The Bertz CT molecular complexity index is 3140. The number of benzene rings is 10. The standard InChI is InChI=1S/C52H32O/c1-2-13-34(14-3-1)45-32-49-47(52-40-19-7-5-16-35(40)29-30-48(52)53-49)31-46(45)51-43-22-10-8-20-41(43)50(42-21-9-11-23-44(42)51)37-27-25-36(26-28-37)39-24-12-17-33-15-4-6-18-38(33)39/h1-32H. The highest BCUT2D eigenvalue weighted by atomic mass is 16.3. The summed E-state index contributed by atoms with van der Waals surface area (Å²) >= 11 is 0. The van der Waals surface area contributed by atoms with Gasteiger partial charge in [0.15, 0.2) is 0 Å². The molecule has 1 heterocycles. The predicted octanol–water partition coefficient (Wildman–Crippen LogP) is 14.9. The molecule has 10 aromatic carbocycles. The molecule has 0 aliphatic rings. The minimum Gasteiger partial charge on any atom is -0.456 e. The Balaban J connectivity index is 1.20. The number of fused-ring (bicyclic) bond motifs is 8. The summed E-state index contributed by atoms with van der Waals surface area (Å²) in [6.45, 7) is 0. The molecule has 0 aliphatic heterocycles. The van der Waals surface area contributed by atoms with Crippen molar-refractivity contribution in [2.45, 2.75) is 0 Å². The lowest BCUT2D eigenvalue weighted by Crippen LogP contribution is -1.93. The van der Waals surface area contributed by atoms with Crippen LogP contribution in [0.5, 0.6) is 0 Å². The fourth-order valence-electron chi connectivity index (χ4n) is 8.68. The van der Waals surface area contributed by atoms with Crippen molar-refractivity contribution < 1.29 is 4.42 Å². The predicted molar refractivity (Wildman–Crippen MR) is 225 cm³/mol. The van der Waals surface area contributed by atoms with Gasteiger partial charge in [0.05, 0.1) is 0 Å². The van der Waals surface area contributed by atoms with E-state index >= 15 is 0 Å². The molecule has 0 bridgehead atoms. The van der Waals surface area contributed by atoms with Crippen LogP contribution in [0.15, 0.2) is 199 Å². The Kier molecular flexibility index (Phi) is 6.62. The summed E-state index contributed by atoms with van der Waals surface area (Å²) in [5, 5.41) is 12.2. The van der Waals surface area contributed by atoms with E-state index in [1.165, 1.54) is 76.5 Å². The van der Waals surface area contributed by atoms with Crippen molar-refractivity contribution >= 4 is 65.0 Å². The van der Waals surface area contributed by atoms with Gasteiger partial charge in [-0.15, -0.1) is 0 Å². The Labute approximate surface area is 307 Å². The van der Waals surface area contributed by atoms with Crippen LogP contribution in [0.3, 0.4) is 0 Å². The molecule has 1 nitrogen and oxygen atoms in total. The third-order valence-electron chi connectivity index (χ3n) is 11.1. The van der Waals surface area contributed by atoms with E-state index in [1.54, 1.807) is 0 Å². The lowest BCUT2D eigenvalue weighted by Gasteiger charge is -2.20. The molecule has 0 atom stereocenters. The molecule has 0 radical (unpaired) electrons. The fraction of sp³-hybridized carbons (Fsp3) is 0. The zero-order valence-electron chi connectivity index (χ0n) is 28.9. The van der Waals surface area contributed by atoms with Crippen LogP contribution in [0, 0.1) is 0 Å². The normalized spacial score (nSPS) is 11.8. The molecule has 1 aromatic heterocycles. The molecular formula is C52H32O. The molecule has 0 fully saturated rings. The lowest BCUT2D eigenvalue weighted by molar-refractivity contribution is 0.669. The molecule has 0 N–H and O–H groups in total. The Morgan fingerprint density at radius 3 is 1.49 bits per heavy atom. The maximum absolute atomic E-state index is 6.63. The summed E-state index contributed by atoms with van der Waals surface area (Å²) < 4.78 is 6.63. The van der Waals surface area contributed by atoms with Crippen molar-refractivity contribution in [1.29, 1.82) is 0 Å². The van der Waals surface area contributed by atoms with Gasteiger partial charge in [-0.3, -0.25) is 0 Å². The largest absolute Gasteiger partial charge is 0.456 e. The smallest absolute Gasteiger partial charge is 0.136 e. The number of furan rings is 1. The van der Waals surface area contributed by atoms with Crippen LogP contribution >= 0.6 is 0 Å². The molecule has 0 amide bonds. The molecule has 0 spiro atoms. The van der Waals surface area contributed by atoms with Crippen molar-refractivity contribution in [3.05, 3.63) is 194 Å². The van der Waals surface area contributed by atoms with Gasteiger partial charge in [0, 0.05) is 10.8 Å². The summed E-state index contributed by atoms with van der Waals surface area (Å²) in [5.41, 5.74) is 11.5. The first-order valence-electron chi connectivity index (χ1n) is 18.3. The molecule has 0 unspecified atom stereocenters. The van der Waals surface area contributed by atoms with Gasteiger partial charge in [0.1, 0.15) is 11.2 Å². The van der Waals surface area contributed by atoms with E-state index in [0.717, 1.165) is 33.1 Å². The van der Waals surface area contributed by atoms with Crippen molar-refractivity contribution in [2.24, 2.45) is 0 Å². The lowest BCUT2D eigenvalue weighted by atomic mass is 9.83. The van der Waals surface area contributed by atoms with Crippen LogP contribution in [-0.2, 0) is 0 Å². The minimum absolute atomic E-state index is 0.899. The molecule has 246 valence electrons. The van der Waals surface area contributed by atoms with E-state index < -0.39 is 0 Å². The second kappa shape index (κ2) is 11.8.